The molecule has 104 valence electrons. The maximum Gasteiger partial charge on any atom is 0.259 e. The minimum atomic E-state index is -0.0182. The summed E-state index contributed by atoms with van der Waals surface area (Å²) in [4.78, 5) is 18.4. The molecule has 0 spiro atoms. The Bertz CT molecular complexity index is 448. The van der Waals surface area contributed by atoms with Gasteiger partial charge in [0.05, 0.1) is 7.11 Å². The molecule has 1 aromatic heterocycles. The monoisotopic (exact) mass is 263 g/mol. The number of pyridine rings is 1. The van der Waals surface area contributed by atoms with Crippen LogP contribution in [0.1, 0.15) is 30.1 Å². The molecular formula is C14H21N3O2. The van der Waals surface area contributed by atoms with Crippen LogP contribution < -0.4 is 10.5 Å². The minimum absolute atomic E-state index is 0.0182. The van der Waals surface area contributed by atoms with Crippen LogP contribution in [0.2, 0.25) is 0 Å². The summed E-state index contributed by atoms with van der Waals surface area (Å²) in [7, 11) is 1.53. The third kappa shape index (κ3) is 3.04. The highest BCUT2D eigenvalue weighted by atomic mass is 16.5. The first-order chi connectivity index (χ1) is 9.13. The fourth-order valence-corrected chi connectivity index (χ4v) is 2.51. The number of carbonyl (C=O) groups excluding carboxylic acids is 1. The molecule has 2 heterocycles. The Morgan fingerprint density at radius 2 is 2.42 bits per heavy atom. The quantitative estimate of drug-likeness (QED) is 0.892. The number of hydrogen-bond donors (Lipinski definition) is 1. The molecule has 1 saturated heterocycles. The molecule has 0 aromatic carbocycles. The molecule has 2 unspecified atom stereocenters. The van der Waals surface area contributed by atoms with E-state index < -0.39 is 0 Å². The van der Waals surface area contributed by atoms with Gasteiger partial charge in [-0.15, -0.1) is 0 Å². The summed E-state index contributed by atoms with van der Waals surface area (Å²) in [5, 5.41) is 0. The lowest BCUT2D eigenvalue weighted by Gasteiger charge is -2.34. The summed E-state index contributed by atoms with van der Waals surface area (Å²) in [6, 6.07) is 3.62. The van der Waals surface area contributed by atoms with E-state index in [0.717, 1.165) is 19.4 Å². The molecule has 5 nitrogen and oxygen atoms in total. The van der Waals surface area contributed by atoms with Crippen molar-refractivity contribution in [2.45, 2.75) is 25.8 Å². The fraction of sp³-hybridized carbons (Fsp3) is 0.571. The second kappa shape index (κ2) is 6.02. The molecule has 1 aliphatic heterocycles. The van der Waals surface area contributed by atoms with Gasteiger partial charge in [-0.3, -0.25) is 4.79 Å². The summed E-state index contributed by atoms with van der Waals surface area (Å²) in [6.07, 6.45) is 3.71. The SMILES string of the molecule is COc1ncccc1C(=O)N1CCCC(C(C)N)C1. The van der Waals surface area contributed by atoms with E-state index in [1.807, 2.05) is 11.8 Å². The molecule has 0 radical (unpaired) electrons. The Morgan fingerprint density at radius 3 is 3.11 bits per heavy atom. The van der Waals surface area contributed by atoms with E-state index in [1.165, 1.54) is 7.11 Å². The molecule has 5 heteroatoms. The Balaban J connectivity index is 2.15. The largest absolute Gasteiger partial charge is 0.480 e. The average molecular weight is 263 g/mol. The van der Waals surface area contributed by atoms with Gasteiger partial charge in [0.2, 0.25) is 5.88 Å². The van der Waals surface area contributed by atoms with Crippen molar-refractivity contribution < 1.29 is 9.53 Å². The second-order valence-corrected chi connectivity index (χ2v) is 5.07. The molecular weight excluding hydrogens is 242 g/mol. The van der Waals surface area contributed by atoms with Gasteiger partial charge in [0.1, 0.15) is 5.56 Å². The van der Waals surface area contributed by atoms with Gasteiger partial charge in [-0.05, 0) is 37.8 Å². The van der Waals surface area contributed by atoms with Gasteiger partial charge in [-0.25, -0.2) is 4.98 Å². The van der Waals surface area contributed by atoms with Crippen LogP contribution in [0.15, 0.2) is 18.3 Å². The molecule has 19 heavy (non-hydrogen) atoms. The molecule has 0 saturated carbocycles. The van der Waals surface area contributed by atoms with E-state index >= 15 is 0 Å². The van der Waals surface area contributed by atoms with E-state index in [-0.39, 0.29) is 11.9 Å². The van der Waals surface area contributed by atoms with Crippen molar-refractivity contribution in [2.24, 2.45) is 11.7 Å². The van der Waals surface area contributed by atoms with Gasteiger partial charge < -0.3 is 15.4 Å². The number of methoxy groups -OCH3 is 1. The Kier molecular flexibility index (Phi) is 4.37. The average Bonchev–Trinajstić information content (AvgIpc) is 2.46. The van der Waals surface area contributed by atoms with Crippen molar-refractivity contribution in [1.82, 2.24) is 9.88 Å². The van der Waals surface area contributed by atoms with E-state index in [1.54, 1.807) is 18.3 Å². The first-order valence-electron chi connectivity index (χ1n) is 6.67. The lowest BCUT2D eigenvalue weighted by Crippen LogP contribution is -2.45. The fourth-order valence-electron chi connectivity index (χ4n) is 2.51. The van der Waals surface area contributed by atoms with Crippen LogP contribution in [0.3, 0.4) is 0 Å². The summed E-state index contributed by atoms with van der Waals surface area (Å²) < 4.78 is 5.15. The van der Waals surface area contributed by atoms with E-state index in [2.05, 4.69) is 4.98 Å². The van der Waals surface area contributed by atoms with Crippen LogP contribution in [0.4, 0.5) is 0 Å². The van der Waals surface area contributed by atoms with Crippen LogP contribution in [0, 0.1) is 5.92 Å². The Morgan fingerprint density at radius 1 is 1.63 bits per heavy atom. The zero-order valence-electron chi connectivity index (χ0n) is 11.5. The first-order valence-corrected chi connectivity index (χ1v) is 6.67. The van der Waals surface area contributed by atoms with Crippen molar-refractivity contribution in [3.05, 3.63) is 23.9 Å². The first kappa shape index (κ1) is 13.8. The van der Waals surface area contributed by atoms with Gasteiger partial charge in [0, 0.05) is 25.3 Å². The lowest BCUT2D eigenvalue weighted by atomic mass is 9.92. The normalized spacial score (nSPS) is 21.0. The zero-order chi connectivity index (χ0) is 13.8. The molecule has 1 fully saturated rings. The third-order valence-electron chi connectivity index (χ3n) is 3.68. The van der Waals surface area contributed by atoms with Crippen LogP contribution in [-0.4, -0.2) is 42.0 Å². The summed E-state index contributed by atoms with van der Waals surface area (Å²) in [6.45, 7) is 3.50. The highest BCUT2D eigenvalue weighted by Crippen LogP contribution is 2.23. The predicted molar refractivity (Wildman–Crippen MR) is 73.1 cm³/mol. The van der Waals surface area contributed by atoms with Crippen molar-refractivity contribution in [3.8, 4) is 5.88 Å². The van der Waals surface area contributed by atoms with E-state index in [9.17, 15) is 4.79 Å². The molecule has 2 N–H and O–H groups in total. The van der Waals surface area contributed by atoms with Crippen LogP contribution in [0.25, 0.3) is 0 Å². The predicted octanol–water partition coefficient (Wildman–Crippen LogP) is 1.29. The molecule has 2 atom stereocenters. The number of ether oxygens (including phenoxy) is 1. The number of amides is 1. The van der Waals surface area contributed by atoms with Gasteiger partial charge in [0.15, 0.2) is 0 Å². The Labute approximate surface area is 113 Å². The molecule has 1 amide bonds. The molecule has 1 aromatic rings. The summed E-state index contributed by atoms with van der Waals surface area (Å²) in [5.74, 6) is 0.742. The topological polar surface area (TPSA) is 68.5 Å². The van der Waals surface area contributed by atoms with Gasteiger partial charge in [-0.2, -0.15) is 0 Å². The number of likely N-dealkylation sites (tertiary alicyclic amines) is 1. The number of piperidine rings is 1. The molecule has 0 aliphatic carbocycles. The number of aromatic nitrogens is 1. The third-order valence-corrected chi connectivity index (χ3v) is 3.68. The number of nitrogens with zero attached hydrogens (tertiary/aromatic N) is 2. The maximum absolute atomic E-state index is 12.5. The van der Waals surface area contributed by atoms with Crippen molar-refractivity contribution in [1.29, 1.82) is 0 Å². The summed E-state index contributed by atoms with van der Waals surface area (Å²) in [5.41, 5.74) is 6.47. The standard InChI is InChI=1S/C14H21N3O2/c1-10(15)11-5-4-8-17(9-11)14(18)12-6-3-7-16-13(12)19-2/h3,6-7,10-11H,4-5,8-9,15H2,1-2H3. The molecule has 1 aliphatic rings. The van der Waals surface area contributed by atoms with Crippen LogP contribution >= 0.6 is 0 Å². The second-order valence-electron chi connectivity index (χ2n) is 5.07. The van der Waals surface area contributed by atoms with Crippen molar-refractivity contribution in [2.75, 3.05) is 20.2 Å². The molecule has 2 rings (SSSR count). The van der Waals surface area contributed by atoms with E-state index in [4.69, 9.17) is 10.5 Å². The molecule has 0 bridgehead atoms. The Hall–Kier alpha value is -1.62. The van der Waals surface area contributed by atoms with Gasteiger partial charge >= 0.3 is 0 Å². The van der Waals surface area contributed by atoms with Crippen molar-refractivity contribution >= 4 is 5.91 Å². The lowest BCUT2D eigenvalue weighted by molar-refractivity contribution is 0.0657. The van der Waals surface area contributed by atoms with Gasteiger partial charge in [0.25, 0.3) is 5.91 Å². The smallest absolute Gasteiger partial charge is 0.259 e. The van der Waals surface area contributed by atoms with E-state index in [0.29, 0.717) is 23.9 Å². The number of hydrogen-bond acceptors (Lipinski definition) is 4. The van der Waals surface area contributed by atoms with Crippen molar-refractivity contribution in [3.63, 3.8) is 0 Å². The number of carbonyl (C=O) groups is 1. The zero-order valence-corrected chi connectivity index (χ0v) is 11.5. The highest BCUT2D eigenvalue weighted by Gasteiger charge is 2.28. The summed E-state index contributed by atoms with van der Waals surface area (Å²) >= 11 is 0. The van der Waals surface area contributed by atoms with Crippen LogP contribution in [-0.2, 0) is 0 Å². The number of nitrogens with two attached hydrogens (primary N) is 1. The maximum atomic E-state index is 12.5. The minimum Gasteiger partial charge on any atom is -0.480 e. The van der Waals surface area contributed by atoms with Crippen LogP contribution in [0.5, 0.6) is 5.88 Å². The van der Waals surface area contributed by atoms with Gasteiger partial charge in [-0.1, -0.05) is 0 Å². The highest BCUT2D eigenvalue weighted by molar-refractivity contribution is 5.96. The number of rotatable bonds is 3.